The third kappa shape index (κ3) is 2.82. The fraction of sp³-hybridized carbons (Fsp3) is 0.588. The van der Waals surface area contributed by atoms with Gasteiger partial charge in [-0.2, -0.15) is 0 Å². The highest BCUT2D eigenvalue weighted by Crippen LogP contribution is 2.28. The van der Waals surface area contributed by atoms with Gasteiger partial charge in [0.1, 0.15) is 0 Å². The van der Waals surface area contributed by atoms with Crippen molar-refractivity contribution in [1.29, 1.82) is 0 Å². The Bertz CT molecular complexity index is 491. The van der Waals surface area contributed by atoms with Gasteiger partial charge in [0.2, 0.25) is 0 Å². The Morgan fingerprint density at radius 2 is 1.45 bits per heavy atom. The van der Waals surface area contributed by atoms with Crippen molar-refractivity contribution >= 4 is 11.7 Å². The zero-order valence-electron chi connectivity index (χ0n) is 13.5. The topological polar surface area (TPSA) is 23.6 Å². The first-order valence-corrected chi connectivity index (χ1v) is 7.30. The van der Waals surface area contributed by atoms with Gasteiger partial charge < -0.3 is 4.90 Å². The fourth-order valence-corrected chi connectivity index (χ4v) is 2.54. The normalized spacial score (nSPS) is 17.0. The average molecular weight is 274 g/mol. The van der Waals surface area contributed by atoms with Crippen molar-refractivity contribution in [2.75, 3.05) is 18.0 Å². The molecule has 0 N–H and O–H groups in total. The van der Waals surface area contributed by atoms with Crippen LogP contribution in [0.5, 0.6) is 0 Å². The van der Waals surface area contributed by atoms with Crippen LogP contribution in [0.1, 0.15) is 47.1 Å². The number of hydrogen-bond donors (Lipinski definition) is 0. The molecule has 20 heavy (non-hydrogen) atoms. The summed E-state index contributed by atoms with van der Waals surface area (Å²) in [5.74, 6) is 0. The number of benzene rings is 1. The molecule has 1 aromatic carbocycles. The predicted octanol–water partition coefficient (Wildman–Crippen LogP) is 4.02. The molecule has 3 nitrogen and oxygen atoms in total. The Labute approximate surface area is 122 Å². The zero-order chi connectivity index (χ0) is 15.1. The number of rotatable bonds is 1. The van der Waals surface area contributed by atoms with E-state index in [2.05, 4.69) is 65.8 Å². The van der Waals surface area contributed by atoms with Gasteiger partial charge in [-0.1, -0.05) is 32.9 Å². The summed E-state index contributed by atoms with van der Waals surface area (Å²) in [6.07, 6.45) is 0. The maximum Gasteiger partial charge on any atom is 0.325 e. The van der Waals surface area contributed by atoms with Crippen molar-refractivity contribution in [3.05, 3.63) is 29.8 Å². The Morgan fingerprint density at radius 3 is 1.85 bits per heavy atom. The standard InChI is InChI=1S/C17H26N2O/c1-16(2,3)13-7-9-14(10-8-13)18-11-12-19(15(18)20)17(4,5)6/h7-10H,11-12H2,1-6H3. The van der Waals surface area contributed by atoms with E-state index >= 15 is 0 Å². The van der Waals surface area contributed by atoms with Crippen molar-refractivity contribution in [2.45, 2.75) is 52.5 Å². The molecule has 0 bridgehead atoms. The third-order valence-corrected chi connectivity index (χ3v) is 3.86. The molecule has 1 saturated heterocycles. The molecule has 1 aliphatic rings. The van der Waals surface area contributed by atoms with E-state index in [1.165, 1.54) is 5.56 Å². The molecule has 0 unspecified atom stereocenters. The van der Waals surface area contributed by atoms with E-state index < -0.39 is 0 Å². The smallest absolute Gasteiger partial charge is 0.318 e. The van der Waals surface area contributed by atoms with Gasteiger partial charge in [-0.05, 0) is 43.9 Å². The van der Waals surface area contributed by atoms with Gasteiger partial charge in [0.05, 0.1) is 0 Å². The van der Waals surface area contributed by atoms with Crippen LogP contribution in [0.2, 0.25) is 0 Å². The summed E-state index contributed by atoms with van der Waals surface area (Å²) in [5.41, 5.74) is 2.32. The van der Waals surface area contributed by atoms with E-state index in [-0.39, 0.29) is 17.0 Å². The lowest BCUT2D eigenvalue weighted by atomic mass is 9.87. The van der Waals surface area contributed by atoms with Crippen molar-refractivity contribution < 1.29 is 4.79 Å². The molecule has 0 atom stereocenters. The van der Waals surface area contributed by atoms with E-state index in [4.69, 9.17) is 0 Å². The molecule has 0 saturated carbocycles. The molecule has 0 radical (unpaired) electrons. The van der Waals surface area contributed by atoms with Crippen LogP contribution >= 0.6 is 0 Å². The number of carbonyl (C=O) groups is 1. The van der Waals surface area contributed by atoms with Crippen LogP contribution in [0.15, 0.2) is 24.3 Å². The molecule has 3 heteroatoms. The number of nitrogens with zero attached hydrogens (tertiary/aromatic N) is 2. The summed E-state index contributed by atoms with van der Waals surface area (Å²) >= 11 is 0. The lowest BCUT2D eigenvalue weighted by molar-refractivity contribution is 0.173. The van der Waals surface area contributed by atoms with E-state index in [1.54, 1.807) is 0 Å². The number of urea groups is 1. The van der Waals surface area contributed by atoms with Crippen molar-refractivity contribution in [2.24, 2.45) is 0 Å². The largest absolute Gasteiger partial charge is 0.325 e. The second kappa shape index (κ2) is 4.80. The predicted molar refractivity (Wildman–Crippen MR) is 84.3 cm³/mol. The molecule has 1 heterocycles. The second-order valence-electron chi connectivity index (χ2n) is 7.55. The fourth-order valence-electron chi connectivity index (χ4n) is 2.54. The molecule has 0 spiro atoms. The zero-order valence-corrected chi connectivity index (χ0v) is 13.5. The molecule has 1 aliphatic heterocycles. The molecule has 2 rings (SSSR count). The minimum Gasteiger partial charge on any atom is -0.318 e. The van der Waals surface area contributed by atoms with Crippen LogP contribution in [-0.2, 0) is 5.41 Å². The number of carbonyl (C=O) groups excluding carboxylic acids is 1. The molecular formula is C17H26N2O. The highest BCUT2D eigenvalue weighted by atomic mass is 16.2. The maximum absolute atomic E-state index is 12.5. The minimum absolute atomic E-state index is 0.112. The number of anilines is 1. The van der Waals surface area contributed by atoms with E-state index in [1.807, 2.05) is 9.80 Å². The van der Waals surface area contributed by atoms with Crippen LogP contribution in [0.4, 0.5) is 10.5 Å². The third-order valence-electron chi connectivity index (χ3n) is 3.86. The van der Waals surface area contributed by atoms with Crippen molar-refractivity contribution in [1.82, 2.24) is 4.90 Å². The summed E-state index contributed by atoms with van der Waals surface area (Å²) in [4.78, 5) is 16.3. The molecule has 1 aromatic rings. The van der Waals surface area contributed by atoms with Crippen LogP contribution in [0, 0.1) is 0 Å². The lowest BCUT2D eigenvalue weighted by Crippen LogP contribution is -2.44. The molecular weight excluding hydrogens is 248 g/mol. The SMILES string of the molecule is CC(C)(C)c1ccc(N2CCN(C(C)(C)C)C2=O)cc1. The summed E-state index contributed by atoms with van der Waals surface area (Å²) in [6.45, 7) is 14.4. The van der Waals surface area contributed by atoms with Crippen LogP contribution in [-0.4, -0.2) is 29.6 Å². The number of hydrogen-bond acceptors (Lipinski definition) is 1. The first-order valence-electron chi connectivity index (χ1n) is 7.30. The van der Waals surface area contributed by atoms with Gasteiger partial charge in [0, 0.05) is 24.3 Å². The Balaban J connectivity index is 2.20. The first kappa shape index (κ1) is 14.9. The van der Waals surface area contributed by atoms with Crippen molar-refractivity contribution in [3.8, 4) is 0 Å². The monoisotopic (exact) mass is 274 g/mol. The van der Waals surface area contributed by atoms with Gasteiger partial charge in [0.25, 0.3) is 0 Å². The Kier molecular flexibility index (Phi) is 3.57. The van der Waals surface area contributed by atoms with Gasteiger partial charge in [0.15, 0.2) is 0 Å². The second-order valence-corrected chi connectivity index (χ2v) is 7.55. The first-order chi connectivity index (χ1) is 9.10. The van der Waals surface area contributed by atoms with E-state index in [9.17, 15) is 4.79 Å². The number of amides is 2. The van der Waals surface area contributed by atoms with E-state index in [0.717, 1.165) is 18.8 Å². The highest BCUT2D eigenvalue weighted by molar-refractivity contribution is 5.94. The Morgan fingerprint density at radius 1 is 0.900 bits per heavy atom. The summed E-state index contributed by atoms with van der Waals surface area (Å²) < 4.78 is 0. The summed E-state index contributed by atoms with van der Waals surface area (Å²) in [7, 11) is 0. The van der Waals surface area contributed by atoms with Gasteiger partial charge >= 0.3 is 6.03 Å². The minimum atomic E-state index is -0.114. The lowest BCUT2D eigenvalue weighted by Gasteiger charge is -2.31. The van der Waals surface area contributed by atoms with Gasteiger partial charge in [-0.3, -0.25) is 4.90 Å². The molecule has 2 amide bonds. The summed E-state index contributed by atoms with van der Waals surface area (Å²) in [5, 5.41) is 0. The maximum atomic E-state index is 12.5. The van der Waals surface area contributed by atoms with Crippen LogP contribution < -0.4 is 4.90 Å². The molecule has 0 aliphatic carbocycles. The average Bonchev–Trinajstić information content (AvgIpc) is 2.70. The van der Waals surface area contributed by atoms with Gasteiger partial charge in [-0.15, -0.1) is 0 Å². The van der Waals surface area contributed by atoms with Gasteiger partial charge in [-0.25, -0.2) is 4.79 Å². The summed E-state index contributed by atoms with van der Waals surface area (Å²) in [6, 6.07) is 8.49. The molecule has 0 aromatic heterocycles. The van der Waals surface area contributed by atoms with Crippen molar-refractivity contribution in [3.63, 3.8) is 0 Å². The molecule has 110 valence electrons. The molecule has 1 fully saturated rings. The Hall–Kier alpha value is -1.51. The van der Waals surface area contributed by atoms with Crippen LogP contribution in [0.3, 0.4) is 0 Å². The quantitative estimate of drug-likeness (QED) is 0.758. The van der Waals surface area contributed by atoms with Crippen LogP contribution in [0.25, 0.3) is 0 Å². The highest BCUT2D eigenvalue weighted by Gasteiger charge is 2.36. The van der Waals surface area contributed by atoms with E-state index in [0.29, 0.717) is 0 Å².